The number of halogens is 1. The highest BCUT2D eigenvalue weighted by Gasteiger charge is 2.13. The number of aromatic nitrogens is 4. The van der Waals surface area contributed by atoms with Crippen LogP contribution < -0.4 is 11.1 Å². The molecule has 0 bridgehead atoms. The summed E-state index contributed by atoms with van der Waals surface area (Å²) < 4.78 is 5.57. The van der Waals surface area contributed by atoms with E-state index in [2.05, 4.69) is 44.3 Å². The summed E-state index contributed by atoms with van der Waals surface area (Å²) in [5, 5.41) is 4.85. The Kier molecular flexibility index (Phi) is 5.63. The molecular weight excluding hydrogens is 448 g/mol. The molecule has 1 atom stereocenters. The molecule has 8 heteroatoms. The van der Waals surface area contributed by atoms with Crippen LogP contribution in [0, 0.1) is 13.8 Å². The molecule has 4 heterocycles. The summed E-state index contributed by atoms with van der Waals surface area (Å²) in [6, 6.07) is 11.8. The Morgan fingerprint density at radius 1 is 0.971 bits per heavy atom. The van der Waals surface area contributed by atoms with Crippen molar-refractivity contribution >= 4 is 34.1 Å². The molecular formula is C26H23ClN6O. The molecule has 0 aliphatic rings. The van der Waals surface area contributed by atoms with Crippen molar-refractivity contribution in [1.82, 2.24) is 19.9 Å². The van der Waals surface area contributed by atoms with Gasteiger partial charge in [-0.25, -0.2) is 15.0 Å². The number of furan rings is 1. The summed E-state index contributed by atoms with van der Waals surface area (Å²) >= 11 is 5.96. The third kappa shape index (κ3) is 4.30. The summed E-state index contributed by atoms with van der Waals surface area (Å²) in [7, 11) is 0. The molecule has 3 N–H and O–H groups in total. The van der Waals surface area contributed by atoms with Gasteiger partial charge in [-0.2, -0.15) is 0 Å². The van der Waals surface area contributed by atoms with Gasteiger partial charge >= 0.3 is 0 Å². The van der Waals surface area contributed by atoms with Gasteiger partial charge in [0.05, 0.1) is 23.7 Å². The Morgan fingerprint density at radius 3 is 2.62 bits per heavy atom. The van der Waals surface area contributed by atoms with E-state index in [9.17, 15) is 0 Å². The van der Waals surface area contributed by atoms with Crippen molar-refractivity contribution in [1.29, 1.82) is 0 Å². The number of hydrogen-bond acceptors (Lipinski definition) is 7. The van der Waals surface area contributed by atoms with Gasteiger partial charge < -0.3 is 15.5 Å². The number of hydrogen-bond donors (Lipinski definition) is 2. The van der Waals surface area contributed by atoms with Crippen molar-refractivity contribution in [3.8, 4) is 22.4 Å². The lowest BCUT2D eigenvalue weighted by Crippen LogP contribution is -2.09. The smallest absolute Gasteiger partial charge is 0.151 e. The van der Waals surface area contributed by atoms with Crippen LogP contribution in [0.5, 0.6) is 0 Å². The molecule has 5 rings (SSSR count). The minimum Gasteiger partial charge on any atom is -0.464 e. The number of benzene rings is 1. The third-order valence-electron chi connectivity index (χ3n) is 5.72. The van der Waals surface area contributed by atoms with Crippen LogP contribution in [0.1, 0.15) is 29.9 Å². The molecule has 34 heavy (non-hydrogen) atoms. The monoisotopic (exact) mass is 470 g/mol. The van der Waals surface area contributed by atoms with Crippen LogP contribution >= 0.6 is 11.6 Å². The Morgan fingerprint density at radius 2 is 1.79 bits per heavy atom. The van der Waals surface area contributed by atoms with E-state index < -0.39 is 0 Å². The maximum Gasteiger partial charge on any atom is 0.151 e. The van der Waals surface area contributed by atoms with Gasteiger partial charge in [-0.15, -0.1) is 0 Å². The van der Waals surface area contributed by atoms with Gasteiger partial charge in [0, 0.05) is 46.7 Å². The number of nitrogen functional groups attached to an aromatic ring is 1. The molecule has 1 unspecified atom stereocenters. The van der Waals surface area contributed by atoms with E-state index in [4.69, 9.17) is 21.8 Å². The van der Waals surface area contributed by atoms with Gasteiger partial charge in [-0.3, -0.25) is 4.98 Å². The number of pyridine rings is 2. The van der Waals surface area contributed by atoms with Crippen molar-refractivity contribution in [2.75, 3.05) is 11.1 Å². The van der Waals surface area contributed by atoms with Crippen molar-refractivity contribution in [2.24, 2.45) is 0 Å². The number of nitrogens with one attached hydrogen (secondary N) is 1. The number of anilines is 2. The molecule has 7 nitrogen and oxygen atoms in total. The number of aryl methyl sites for hydroxylation is 2. The van der Waals surface area contributed by atoms with E-state index >= 15 is 0 Å². The van der Waals surface area contributed by atoms with Gasteiger partial charge in [0.15, 0.2) is 5.15 Å². The zero-order valence-corrected chi connectivity index (χ0v) is 19.8. The Balaban J connectivity index is 1.42. The van der Waals surface area contributed by atoms with Crippen LogP contribution in [0.15, 0.2) is 65.7 Å². The molecule has 4 aromatic heterocycles. The molecule has 0 aliphatic heterocycles. The van der Waals surface area contributed by atoms with Gasteiger partial charge in [0.2, 0.25) is 0 Å². The summed E-state index contributed by atoms with van der Waals surface area (Å²) in [6.07, 6.45) is 7.07. The first-order valence-corrected chi connectivity index (χ1v) is 11.2. The minimum absolute atomic E-state index is 0.0502. The van der Waals surface area contributed by atoms with Gasteiger partial charge in [0.1, 0.15) is 17.2 Å². The van der Waals surface area contributed by atoms with Gasteiger partial charge in [-0.1, -0.05) is 11.6 Å². The average Bonchev–Trinajstić information content (AvgIpc) is 3.20. The predicted molar refractivity (Wildman–Crippen MR) is 136 cm³/mol. The van der Waals surface area contributed by atoms with Crippen molar-refractivity contribution < 1.29 is 4.42 Å². The fourth-order valence-electron chi connectivity index (χ4n) is 3.89. The summed E-state index contributed by atoms with van der Waals surface area (Å²) in [6.45, 7) is 5.99. The normalized spacial score (nSPS) is 12.1. The van der Waals surface area contributed by atoms with Crippen molar-refractivity contribution in [3.05, 3.63) is 83.4 Å². The quantitative estimate of drug-likeness (QED) is 0.287. The molecule has 0 saturated heterocycles. The second-order valence-corrected chi connectivity index (χ2v) is 8.65. The van der Waals surface area contributed by atoms with E-state index in [1.165, 1.54) is 0 Å². The van der Waals surface area contributed by atoms with E-state index in [1.54, 1.807) is 24.7 Å². The molecule has 0 saturated carbocycles. The first-order valence-electron chi connectivity index (χ1n) is 10.8. The molecule has 0 spiro atoms. The summed E-state index contributed by atoms with van der Waals surface area (Å²) in [5.41, 5.74) is 12.9. The van der Waals surface area contributed by atoms with Crippen LogP contribution in [0.2, 0.25) is 5.15 Å². The first-order chi connectivity index (χ1) is 16.4. The van der Waals surface area contributed by atoms with Gasteiger partial charge in [0.25, 0.3) is 0 Å². The highest BCUT2D eigenvalue weighted by molar-refractivity contribution is 6.31. The zero-order valence-electron chi connectivity index (χ0n) is 19.0. The fraction of sp³-hybridized carbons (Fsp3) is 0.154. The lowest BCUT2D eigenvalue weighted by Gasteiger charge is -2.17. The van der Waals surface area contributed by atoms with E-state index in [-0.39, 0.29) is 6.04 Å². The highest BCUT2D eigenvalue weighted by Crippen LogP contribution is 2.30. The predicted octanol–water partition coefficient (Wildman–Crippen LogP) is 6.37. The molecule has 0 amide bonds. The van der Waals surface area contributed by atoms with Crippen molar-refractivity contribution in [2.45, 2.75) is 26.8 Å². The number of rotatable bonds is 5. The van der Waals surface area contributed by atoms with Crippen LogP contribution in [0.3, 0.4) is 0 Å². The summed E-state index contributed by atoms with van der Waals surface area (Å²) in [4.78, 5) is 17.8. The largest absolute Gasteiger partial charge is 0.464 e. The lowest BCUT2D eigenvalue weighted by molar-refractivity contribution is 0.613. The third-order valence-corrected chi connectivity index (χ3v) is 6.04. The van der Waals surface area contributed by atoms with E-state index in [0.717, 1.165) is 50.3 Å². The second kappa shape index (κ2) is 8.76. The fourth-order valence-corrected chi connectivity index (χ4v) is 3.99. The van der Waals surface area contributed by atoms with E-state index in [1.807, 2.05) is 38.2 Å². The molecule has 0 radical (unpaired) electrons. The summed E-state index contributed by atoms with van der Waals surface area (Å²) in [5.74, 6) is 1.42. The molecule has 5 aromatic rings. The molecule has 0 aliphatic carbocycles. The Hall–Kier alpha value is -3.97. The Bertz CT molecular complexity index is 1510. The van der Waals surface area contributed by atoms with E-state index in [0.29, 0.717) is 16.7 Å². The van der Waals surface area contributed by atoms with Crippen LogP contribution in [0.25, 0.3) is 33.4 Å². The van der Waals surface area contributed by atoms with Crippen LogP contribution in [-0.2, 0) is 0 Å². The molecule has 170 valence electrons. The van der Waals surface area contributed by atoms with Crippen LogP contribution in [0.4, 0.5) is 11.5 Å². The van der Waals surface area contributed by atoms with Crippen LogP contribution in [-0.4, -0.2) is 19.9 Å². The van der Waals surface area contributed by atoms with Gasteiger partial charge in [-0.05, 0) is 62.2 Å². The topological polar surface area (TPSA) is 103 Å². The standard InChI is InChI=1S/C26H23ClN6O/c1-14-13-34-24-5-4-17(7-21(14)24)23-9-25(33-16(3)32-23)31-15(2)18-6-19(11-29-10-18)20-8-22(28)26(27)30-12-20/h4-13,15H,28H2,1-3H3,(H,31,32,33). The molecule has 0 fully saturated rings. The number of fused-ring (bicyclic) bond motifs is 1. The number of nitrogens with zero attached hydrogens (tertiary/aromatic N) is 4. The minimum atomic E-state index is -0.0502. The first kappa shape index (κ1) is 21.9. The maximum absolute atomic E-state index is 5.96. The zero-order chi connectivity index (χ0) is 23.8. The Labute approximate surface area is 202 Å². The lowest BCUT2D eigenvalue weighted by atomic mass is 10.0. The SMILES string of the molecule is Cc1nc(NC(C)c2cncc(-c3cnc(Cl)c(N)c3)c2)cc(-c2ccc3occ(C)c3c2)n1. The second-order valence-electron chi connectivity index (χ2n) is 8.29. The maximum atomic E-state index is 5.96. The molecule has 1 aromatic carbocycles. The average molecular weight is 471 g/mol. The number of nitrogens with two attached hydrogens (primary N) is 1. The highest BCUT2D eigenvalue weighted by atomic mass is 35.5. The van der Waals surface area contributed by atoms with Crippen molar-refractivity contribution in [3.63, 3.8) is 0 Å².